The second kappa shape index (κ2) is 7.68. The minimum atomic E-state index is -1.01. The van der Waals surface area contributed by atoms with Crippen molar-refractivity contribution in [2.24, 2.45) is 0 Å². The van der Waals surface area contributed by atoms with Crippen molar-refractivity contribution in [3.05, 3.63) is 59.7 Å². The highest BCUT2D eigenvalue weighted by Gasteiger charge is 2.34. The molecule has 7 nitrogen and oxygen atoms in total. The molecule has 4 N–H and O–H groups in total. The fourth-order valence-corrected chi connectivity index (χ4v) is 2.25. The lowest BCUT2D eigenvalue weighted by molar-refractivity contribution is -0.141. The number of carboxylic acid groups (broad SMARTS) is 1. The first-order chi connectivity index (χ1) is 12.2. The predicted molar refractivity (Wildman–Crippen MR) is 90.7 cm³/mol. The third kappa shape index (κ3) is 4.28. The van der Waals surface area contributed by atoms with Gasteiger partial charge >= 0.3 is 5.97 Å². The van der Waals surface area contributed by atoms with Crippen molar-refractivity contribution in [1.82, 2.24) is 16.4 Å². The Bertz CT molecular complexity index is 811. The number of nitrogens with one attached hydrogen (secondary N) is 3. The Morgan fingerprint density at radius 1 is 1.04 bits per heavy atom. The average molecular weight is 339 g/mol. The summed E-state index contributed by atoms with van der Waals surface area (Å²) in [5.74, 6) is 6.42. The second-order valence-electron chi connectivity index (χ2n) is 5.27. The summed E-state index contributed by atoms with van der Waals surface area (Å²) in [6.07, 6.45) is -0.716. The van der Waals surface area contributed by atoms with Gasteiger partial charge in [0.1, 0.15) is 11.5 Å². The zero-order chi connectivity index (χ0) is 17.6. The lowest BCUT2D eigenvalue weighted by Crippen LogP contribution is -2.44. The number of carbonyl (C=O) groups is 1. The summed E-state index contributed by atoms with van der Waals surface area (Å²) in [7, 11) is 1.62. The number of hydrogen-bond acceptors (Lipinski definition) is 6. The molecule has 0 aliphatic carbocycles. The van der Waals surface area contributed by atoms with Crippen molar-refractivity contribution >= 4 is 5.97 Å². The Balaban J connectivity index is 1.66. The second-order valence-corrected chi connectivity index (χ2v) is 5.27. The molecule has 1 heterocycles. The van der Waals surface area contributed by atoms with Crippen LogP contribution in [0.25, 0.3) is 0 Å². The van der Waals surface area contributed by atoms with Gasteiger partial charge in [-0.15, -0.1) is 0 Å². The first-order valence-electron chi connectivity index (χ1n) is 7.57. The van der Waals surface area contributed by atoms with Gasteiger partial charge in [-0.1, -0.05) is 17.9 Å². The van der Waals surface area contributed by atoms with E-state index >= 15 is 0 Å². The maximum Gasteiger partial charge on any atom is 0.327 e. The summed E-state index contributed by atoms with van der Waals surface area (Å²) in [5, 5.41) is 9.07. The maximum absolute atomic E-state index is 11.1. The molecule has 25 heavy (non-hydrogen) atoms. The monoisotopic (exact) mass is 339 g/mol. The number of rotatable bonds is 4. The van der Waals surface area contributed by atoms with E-state index in [0.717, 1.165) is 16.9 Å². The Morgan fingerprint density at radius 2 is 1.80 bits per heavy atom. The van der Waals surface area contributed by atoms with Crippen LogP contribution in [0, 0.1) is 11.8 Å². The highest BCUT2D eigenvalue weighted by atomic mass is 16.5. The molecule has 1 fully saturated rings. The molecule has 0 saturated carbocycles. The molecule has 7 heteroatoms. The van der Waals surface area contributed by atoms with Gasteiger partial charge in [0.15, 0.2) is 12.3 Å². The molecule has 3 rings (SSSR count). The quantitative estimate of drug-likeness (QED) is 0.614. The highest BCUT2D eigenvalue weighted by molar-refractivity contribution is 5.74. The van der Waals surface area contributed by atoms with Gasteiger partial charge in [-0.05, 0) is 42.5 Å². The molecule has 1 saturated heterocycles. The normalized spacial score (nSPS) is 18.9. The van der Waals surface area contributed by atoms with Crippen LogP contribution in [0.4, 0.5) is 0 Å². The van der Waals surface area contributed by atoms with Gasteiger partial charge in [0.05, 0.1) is 7.11 Å². The van der Waals surface area contributed by atoms with E-state index in [1.807, 2.05) is 36.4 Å². The fraction of sp³-hybridized carbons (Fsp3) is 0.167. The molecule has 0 radical (unpaired) electrons. The standard InChI is InChI=1S/C18H17N3O4/c1-24-15-4-2-3-13(11-15)6-5-12-7-9-14(10-8-12)25-17-16(18(22)23)19-21-20-17/h2-4,7-11,16-17,19-21H,1H3,(H,22,23). The van der Waals surface area contributed by atoms with E-state index in [9.17, 15) is 4.79 Å². The number of methoxy groups -OCH3 is 1. The first-order valence-corrected chi connectivity index (χ1v) is 7.57. The van der Waals surface area contributed by atoms with Crippen LogP contribution in [-0.2, 0) is 4.79 Å². The van der Waals surface area contributed by atoms with Crippen LogP contribution in [0.3, 0.4) is 0 Å². The van der Waals surface area contributed by atoms with Crippen molar-refractivity contribution in [3.63, 3.8) is 0 Å². The minimum Gasteiger partial charge on any atom is -0.497 e. The van der Waals surface area contributed by atoms with Gasteiger partial charge in [-0.25, -0.2) is 10.9 Å². The van der Waals surface area contributed by atoms with Crippen molar-refractivity contribution in [2.75, 3.05) is 7.11 Å². The molecule has 2 atom stereocenters. The van der Waals surface area contributed by atoms with Gasteiger partial charge in [0, 0.05) is 11.1 Å². The molecular formula is C18H17N3O4. The lowest BCUT2D eigenvalue weighted by Gasteiger charge is -2.16. The van der Waals surface area contributed by atoms with Crippen LogP contribution in [0.2, 0.25) is 0 Å². The van der Waals surface area contributed by atoms with Crippen LogP contribution >= 0.6 is 0 Å². The molecule has 128 valence electrons. The lowest BCUT2D eigenvalue weighted by atomic mass is 10.1. The smallest absolute Gasteiger partial charge is 0.327 e. The van der Waals surface area contributed by atoms with Crippen LogP contribution in [-0.4, -0.2) is 30.5 Å². The van der Waals surface area contributed by atoms with E-state index in [-0.39, 0.29) is 0 Å². The maximum atomic E-state index is 11.1. The molecule has 0 amide bonds. The van der Waals surface area contributed by atoms with Crippen LogP contribution in [0.5, 0.6) is 11.5 Å². The Labute approximate surface area is 144 Å². The number of hydrazine groups is 2. The summed E-state index contributed by atoms with van der Waals surface area (Å²) in [6.45, 7) is 0. The fourth-order valence-electron chi connectivity index (χ4n) is 2.25. The third-order valence-electron chi connectivity index (χ3n) is 3.55. The SMILES string of the molecule is COc1cccc(C#Cc2ccc(OC3NNNC3C(=O)O)cc2)c1. The van der Waals surface area contributed by atoms with Gasteiger partial charge in [-0.3, -0.25) is 4.79 Å². The van der Waals surface area contributed by atoms with Gasteiger partial charge in [0.25, 0.3) is 0 Å². The Kier molecular flexibility index (Phi) is 5.16. The summed E-state index contributed by atoms with van der Waals surface area (Å²) in [4.78, 5) is 11.1. The topological polar surface area (TPSA) is 91.9 Å². The average Bonchev–Trinajstić information content (AvgIpc) is 3.10. The Hall–Kier alpha value is -3.05. The Morgan fingerprint density at radius 3 is 2.52 bits per heavy atom. The van der Waals surface area contributed by atoms with Crippen molar-refractivity contribution in [2.45, 2.75) is 12.3 Å². The molecular weight excluding hydrogens is 322 g/mol. The van der Waals surface area contributed by atoms with Gasteiger partial charge in [0.2, 0.25) is 0 Å². The zero-order valence-corrected chi connectivity index (χ0v) is 13.4. The third-order valence-corrected chi connectivity index (χ3v) is 3.55. The number of carboxylic acids is 1. The number of benzene rings is 2. The van der Waals surface area contributed by atoms with Gasteiger partial charge in [-0.2, -0.15) is 5.53 Å². The minimum absolute atomic E-state index is 0.543. The molecule has 2 aromatic rings. The molecule has 0 aromatic heterocycles. The first kappa shape index (κ1) is 16.8. The molecule has 1 aliphatic heterocycles. The zero-order valence-electron chi connectivity index (χ0n) is 13.4. The van der Waals surface area contributed by atoms with Gasteiger partial charge < -0.3 is 14.6 Å². The van der Waals surface area contributed by atoms with Crippen LogP contribution in [0.15, 0.2) is 48.5 Å². The molecule has 1 aliphatic rings. The van der Waals surface area contributed by atoms with Crippen LogP contribution in [0.1, 0.15) is 11.1 Å². The van der Waals surface area contributed by atoms with Crippen molar-refractivity contribution in [1.29, 1.82) is 0 Å². The molecule has 2 aromatic carbocycles. The van der Waals surface area contributed by atoms with E-state index in [4.69, 9.17) is 14.6 Å². The van der Waals surface area contributed by atoms with Crippen LogP contribution < -0.4 is 25.9 Å². The van der Waals surface area contributed by atoms with Crippen molar-refractivity contribution in [3.8, 4) is 23.3 Å². The van der Waals surface area contributed by atoms with Crippen molar-refractivity contribution < 1.29 is 19.4 Å². The number of ether oxygens (including phenoxy) is 2. The molecule has 0 spiro atoms. The number of aliphatic carboxylic acids is 1. The summed E-state index contributed by atoms with van der Waals surface area (Å²) >= 11 is 0. The number of hydrogen-bond donors (Lipinski definition) is 4. The molecule has 0 bridgehead atoms. The van der Waals surface area contributed by atoms with E-state index in [0.29, 0.717) is 5.75 Å². The van der Waals surface area contributed by atoms with E-state index in [1.165, 1.54) is 0 Å². The largest absolute Gasteiger partial charge is 0.497 e. The van der Waals surface area contributed by atoms with E-state index in [2.05, 4.69) is 28.2 Å². The highest BCUT2D eigenvalue weighted by Crippen LogP contribution is 2.15. The summed E-state index contributed by atoms with van der Waals surface area (Å²) in [5.41, 5.74) is 9.49. The summed E-state index contributed by atoms with van der Waals surface area (Å²) < 4.78 is 10.8. The molecule has 2 unspecified atom stereocenters. The summed E-state index contributed by atoms with van der Waals surface area (Å²) in [6, 6.07) is 13.8. The van der Waals surface area contributed by atoms with E-state index in [1.54, 1.807) is 19.2 Å². The predicted octanol–water partition coefficient (Wildman–Crippen LogP) is 0.865. The van der Waals surface area contributed by atoms with E-state index < -0.39 is 18.2 Å².